The molecule has 0 spiro atoms. The third-order valence-electron chi connectivity index (χ3n) is 5.52. The van der Waals surface area contributed by atoms with E-state index in [1.54, 1.807) is 25.0 Å². The second-order valence-electron chi connectivity index (χ2n) is 7.37. The average molecular weight is 399 g/mol. The van der Waals surface area contributed by atoms with Crippen molar-refractivity contribution in [1.29, 1.82) is 0 Å². The molecule has 4 aromatic rings. The summed E-state index contributed by atoms with van der Waals surface area (Å²) in [5.41, 5.74) is 3.26. The van der Waals surface area contributed by atoms with Gasteiger partial charge in [0.1, 0.15) is 17.7 Å². The number of piperidine rings is 1. The lowest BCUT2D eigenvalue weighted by molar-refractivity contribution is 0.0931. The van der Waals surface area contributed by atoms with E-state index < -0.39 is 0 Å². The van der Waals surface area contributed by atoms with Crippen molar-refractivity contribution in [3.05, 3.63) is 73.0 Å². The molecule has 0 unspecified atom stereocenters. The molecular weight excluding hydrogens is 378 g/mol. The van der Waals surface area contributed by atoms with Crippen LogP contribution in [0.25, 0.3) is 22.2 Å². The lowest BCUT2D eigenvalue weighted by Gasteiger charge is -2.33. The van der Waals surface area contributed by atoms with Crippen LogP contribution in [0.15, 0.2) is 71.9 Å². The van der Waals surface area contributed by atoms with Gasteiger partial charge in [0.2, 0.25) is 0 Å². The van der Waals surface area contributed by atoms with Crippen molar-refractivity contribution < 1.29 is 9.21 Å². The van der Waals surface area contributed by atoms with Crippen LogP contribution >= 0.6 is 0 Å². The molecule has 0 bridgehead atoms. The maximum Gasteiger partial charge on any atom is 0.251 e. The molecule has 1 saturated heterocycles. The Labute approximate surface area is 173 Å². The predicted octanol–water partition coefficient (Wildman–Crippen LogP) is 3.68. The number of fused-ring (bicyclic) bond motifs is 1. The standard InChI is InChI=1S/C23H21N5O2/c29-23(27-18-7-12-28(13-8-18)21-6-10-24-15-26-21)17-3-1-16(2-4-17)22-19-9-14-30-20(19)5-11-25-22/h1-6,9-11,14-15,18H,7-8,12-13H2,(H,27,29). The van der Waals surface area contributed by atoms with Crippen molar-refractivity contribution in [2.75, 3.05) is 18.0 Å². The number of aromatic nitrogens is 3. The Balaban J connectivity index is 1.23. The van der Waals surface area contributed by atoms with Gasteiger partial charge >= 0.3 is 0 Å². The first-order valence-corrected chi connectivity index (χ1v) is 10.0. The van der Waals surface area contributed by atoms with Gasteiger partial charge < -0.3 is 14.6 Å². The Morgan fingerprint density at radius 2 is 1.83 bits per heavy atom. The van der Waals surface area contributed by atoms with E-state index in [9.17, 15) is 4.79 Å². The molecule has 5 rings (SSSR count). The van der Waals surface area contributed by atoms with Crippen LogP contribution in [0.1, 0.15) is 23.2 Å². The number of pyridine rings is 1. The van der Waals surface area contributed by atoms with Crippen LogP contribution in [0.4, 0.5) is 5.82 Å². The molecule has 7 nitrogen and oxygen atoms in total. The number of rotatable bonds is 4. The topological polar surface area (TPSA) is 84.2 Å². The van der Waals surface area contributed by atoms with Gasteiger partial charge in [0.15, 0.2) is 0 Å². The van der Waals surface area contributed by atoms with E-state index in [2.05, 4.69) is 25.2 Å². The van der Waals surface area contributed by atoms with E-state index >= 15 is 0 Å². The summed E-state index contributed by atoms with van der Waals surface area (Å²) < 4.78 is 5.45. The number of anilines is 1. The van der Waals surface area contributed by atoms with Gasteiger partial charge in [0.25, 0.3) is 5.91 Å². The molecule has 30 heavy (non-hydrogen) atoms. The SMILES string of the molecule is O=C(NC1CCN(c2ccncn2)CC1)c1ccc(-c2nccc3occc23)cc1. The molecule has 1 amide bonds. The maximum absolute atomic E-state index is 12.7. The minimum absolute atomic E-state index is 0.0449. The van der Waals surface area contributed by atoms with Gasteiger partial charge in [-0.1, -0.05) is 12.1 Å². The van der Waals surface area contributed by atoms with Crippen LogP contribution in [0.5, 0.6) is 0 Å². The van der Waals surface area contributed by atoms with Gasteiger partial charge in [-0.3, -0.25) is 9.78 Å². The molecule has 0 radical (unpaired) electrons. The molecule has 1 aromatic carbocycles. The van der Waals surface area contributed by atoms with Crippen LogP contribution in [0.3, 0.4) is 0 Å². The van der Waals surface area contributed by atoms with Crippen molar-refractivity contribution >= 4 is 22.7 Å². The fourth-order valence-corrected chi connectivity index (χ4v) is 3.90. The van der Waals surface area contributed by atoms with Crippen molar-refractivity contribution in [3.63, 3.8) is 0 Å². The Hall–Kier alpha value is -3.74. The highest BCUT2D eigenvalue weighted by molar-refractivity contribution is 5.96. The highest BCUT2D eigenvalue weighted by atomic mass is 16.3. The van der Waals surface area contributed by atoms with E-state index in [1.165, 1.54) is 0 Å². The Morgan fingerprint density at radius 1 is 1.00 bits per heavy atom. The quantitative estimate of drug-likeness (QED) is 0.564. The summed E-state index contributed by atoms with van der Waals surface area (Å²) in [6, 6.07) is 13.4. The molecule has 1 fully saturated rings. The summed E-state index contributed by atoms with van der Waals surface area (Å²) in [4.78, 5) is 27.7. The van der Waals surface area contributed by atoms with Gasteiger partial charge in [0.05, 0.1) is 12.0 Å². The summed E-state index contributed by atoms with van der Waals surface area (Å²) in [6.45, 7) is 1.72. The molecule has 7 heteroatoms. The highest BCUT2D eigenvalue weighted by Gasteiger charge is 2.22. The Morgan fingerprint density at radius 3 is 2.60 bits per heavy atom. The van der Waals surface area contributed by atoms with E-state index in [1.807, 2.05) is 42.5 Å². The molecule has 3 aromatic heterocycles. The zero-order valence-corrected chi connectivity index (χ0v) is 16.4. The summed E-state index contributed by atoms with van der Waals surface area (Å²) >= 11 is 0. The van der Waals surface area contributed by atoms with Crippen LogP contribution in [-0.4, -0.2) is 40.0 Å². The Bertz CT molecular complexity index is 1150. The molecule has 1 N–H and O–H groups in total. The van der Waals surface area contributed by atoms with Crippen molar-refractivity contribution in [2.45, 2.75) is 18.9 Å². The lowest BCUT2D eigenvalue weighted by Crippen LogP contribution is -2.45. The minimum Gasteiger partial charge on any atom is -0.464 e. The van der Waals surface area contributed by atoms with Crippen molar-refractivity contribution in [2.24, 2.45) is 0 Å². The number of carbonyl (C=O) groups is 1. The zero-order chi connectivity index (χ0) is 20.3. The number of nitrogens with one attached hydrogen (secondary N) is 1. The first-order chi connectivity index (χ1) is 14.8. The smallest absolute Gasteiger partial charge is 0.251 e. The number of benzene rings is 1. The number of amides is 1. The predicted molar refractivity (Wildman–Crippen MR) is 114 cm³/mol. The van der Waals surface area contributed by atoms with Crippen molar-refractivity contribution in [3.8, 4) is 11.3 Å². The molecule has 0 aliphatic carbocycles. The highest BCUT2D eigenvalue weighted by Crippen LogP contribution is 2.27. The molecule has 0 saturated carbocycles. The van der Waals surface area contributed by atoms with Gasteiger partial charge in [-0.15, -0.1) is 0 Å². The summed E-state index contributed by atoms with van der Waals surface area (Å²) in [6.07, 6.45) is 8.49. The van der Waals surface area contributed by atoms with Gasteiger partial charge in [-0.05, 0) is 43.2 Å². The number of carbonyl (C=O) groups excluding carboxylic acids is 1. The third kappa shape index (κ3) is 3.61. The van der Waals surface area contributed by atoms with Crippen LogP contribution in [0.2, 0.25) is 0 Å². The average Bonchev–Trinajstić information content (AvgIpc) is 3.29. The van der Waals surface area contributed by atoms with Gasteiger partial charge in [0, 0.05) is 48.0 Å². The van der Waals surface area contributed by atoms with E-state index in [0.29, 0.717) is 5.56 Å². The first-order valence-electron chi connectivity index (χ1n) is 10.0. The zero-order valence-electron chi connectivity index (χ0n) is 16.4. The van der Waals surface area contributed by atoms with Gasteiger partial charge in [-0.25, -0.2) is 9.97 Å². The van der Waals surface area contributed by atoms with Crippen LogP contribution in [-0.2, 0) is 0 Å². The van der Waals surface area contributed by atoms with E-state index in [0.717, 1.165) is 54.0 Å². The second-order valence-corrected chi connectivity index (χ2v) is 7.37. The molecule has 150 valence electrons. The van der Waals surface area contributed by atoms with Gasteiger partial charge in [-0.2, -0.15) is 0 Å². The number of hydrogen-bond acceptors (Lipinski definition) is 6. The summed E-state index contributed by atoms with van der Waals surface area (Å²) in [5, 5.41) is 4.13. The van der Waals surface area contributed by atoms with E-state index in [4.69, 9.17) is 4.42 Å². The fourth-order valence-electron chi connectivity index (χ4n) is 3.90. The third-order valence-corrected chi connectivity index (χ3v) is 5.52. The molecule has 1 aliphatic rings. The minimum atomic E-state index is -0.0449. The summed E-state index contributed by atoms with van der Waals surface area (Å²) in [5.74, 6) is 0.892. The normalized spacial score (nSPS) is 14.7. The van der Waals surface area contributed by atoms with Crippen LogP contribution in [0, 0.1) is 0 Å². The molecule has 0 atom stereocenters. The number of nitrogens with zero attached hydrogens (tertiary/aromatic N) is 4. The number of furan rings is 1. The molecule has 1 aliphatic heterocycles. The molecular formula is C23H21N5O2. The largest absolute Gasteiger partial charge is 0.464 e. The lowest BCUT2D eigenvalue weighted by atomic mass is 10.0. The maximum atomic E-state index is 12.7. The van der Waals surface area contributed by atoms with Crippen molar-refractivity contribution in [1.82, 2.24) is 20.3 Å². The molecule has 4 heterocycles. The Kier molecular flexibility index (Phi) is 4.85. The summed E-state index contributed by atoms with van der Waals surface area (Å²) in [7, 11) is 0. The number of hydrogen-bond donors (Lipinski definition) is 1. The van der Waals surface area contributed by atoms with Crippen LogP contribution < -0.4 is 10.2 Å². The first kappa shape index (κ1) is 18.3. The second kappa shape index (κ2) is 7.94. The fraction of sp³-hybridized carbons (Fsp3) is 0.217. The van der Waals surface area contributed by atoms with E-state index in [-0.39, 0.29) is 11.9 Å². The monoisotopic (exact) mass is 399 g/mol.